The highest BCUT2D eigenvalue weighted by atomic mass is 35.5. The van der Waals surface area contributed by atoms with E-state index in [1.165, 1.54) is 0 Å². The van der Waals surface area contributed by atoms with Gasteiger partial charge in [0.25, 0.3) is 0 Å². The SMILES string of the molecule is O=CC(Cc1ccc(Cl)nc1)c1ccco1. The minimum absolute atomic E-state index is 0.266. The zero-order valence-electron chi connectivity index (χ0n) is 8.47. The van der Waals surface area contributed by atoms with Gasteiger partial charge in [0.2, 0.25) is 0 Å². The number of halogens is 1. The van der Waals surface area contributed by atoms with Gasteiger partial charge in [0.1, 0.15) is 17.2 Å². The summed E-state index contributed by atoms with van der Waals surface area (Å²) in [6.07, 6.45) is 4.68. The molecule has 0 radical (unpaired) electrons. The molecule has 4 heteroatoms. The van der Waals surface area contributed by atoms with Crippen LogP contribution in [0.3, 0.4) is 0 Å². The first kappa shape index (κ1) is 10.9. The maximum Gasteiger partial charge on any atom is 0.130 e. The van der Waals surface area contributed by atoms with Crippen LogP contribution in [-0.2, 0) is 11.2 Å². The van der Waals surface area contributed by atoms with Gasteiger partial charge in [-0.15, -0.1) is 0 Å². The van der Waals surface area contributed by atoms with Crippen LogP contribution in [0.25, 0.3) is 0 Å². The Hall–Kier alpha value is -1.61. The summed E-state index contributed by atoms with van der Waals surface area (Å²) in [5, 5.41) is 0.449. The lowest BCUT2D eigenvalue weighted by Gasteiger charge is -2.06. The molecule has 0 fully saturated rings. The maximum absolute atomic E-state index is 11.0. The number of hydrogen-bond acceptors (Lipinski definition) is 3. The monoisotopic (exact) mass is 235 g/mol. The van der Waals surface area contributed by atoms with E-state index in [4.69, 9.17) is 16.0 Å². The number of rotatable bonds is 4. The molecule has 2 rings (SSSR count). The Morgan fingerprint density at radius 2 is 2.31 bits per heavy atom. The van der Waals surface area contributed by atoms with Gasteiger partial charge in [-0.05, 0) is 30.2 Å². The maximum atomic E-state index is 11.0. The minimum atomic E-state index is -0.266. The molecule has 0 bridgehead atoms. The Morgan fingerprint density at radius 1 is 1.44 bits per heavy atom. The topological polar surface area (TPSA) is 43.1 Å². The lowest BCUT2D eigenvalue weighted by atomic mass is 10.00. The van der Waals surface area contributed by atoms with Gasteiger partial charge in [0.15, 0.2) is 0 Å². The van der Waals surface area contributed by atoms with Crippen molar-refractivity contribution in [3.8, 4) is 0 Å². The largest absolute Gasteiger partial charge is 0.469 e. The summed E-state index contributed by atoms with van der Waals surface area (Å²) in [5.41, 5.74) is 0.956. The molecule has 1 unspecified atom stereocenters. The van der Waals surface area contributed by atoms with Gasteiger partial charge in [-0.3, -0.25) is 0 Å². The van der Waals surface area contributed by atoms with Crippen molar-refractivity contribution >= 4 is 17.9 Å². The fourth-order valence-electron chi connectivity index (χ4n) is 1.50. The molecule has 0 spiro atoms. The Labute approximate surface area is 98.1 Å². The van der Waals surface area contributed by atoms with E-state index in [0.29, 0.717) is 17.3 Å². The van der Waals surface area contributed by atoms with E-state index < -0.39 is 0 Å². The number of furan rings is 1. The normalized spacial score (nSPS) is 12.3. The van der Waals surface area contributed by atoms with Crippen LogP contribution >= 0.6 is 11.6 Å². The molecule has 2 heterocycles. The van der Waals surface area contributed by atoms with Crippen molar-refractivity contribution in [1.82, 2.24) is 4.98 Å². The summed E-state index contributed by atoms with van der Waals surface area (Å²) in [6, 6.07) is 7.13. The molecule has 0 aliphatic carbocycles. The number of nitrogens with zero attached hydrogens (tertiary/aromatic N) is 1. The number of aldehydes is 1. The highest BCUT2D eigenvalue weighted by molar-refractivity contribution is 6.29. The van der Waals surface area contributed by atoms with Crippen molar-refractivity contribution in [3.05, 3.63) is 53.2 Å². The van der Waals surface area contributed by atoms with Crippen LogP contribution in [0.4, 0.5) is 0 Å². The van der Waals surface area contributed by atoms with E-state index in [0.717, 1.165) is 11.8 Å². The van der Waals surface area contributed by atoms with Crippen LogP contribution in [0.5, 0.6) is 0 Å². The Balaban J connectivity index is 2.13. The first-order chi connectivity index (χ1) is 7.79. The third-order valence-electron chi connectivity index (χ3n) is 2.32. The fraction of sp³-hybridized carbons (Fsp3) is 0.167. The minimum Gasteiger partial charge on any atom is -0.469 e. The second-order valence-corrected chi connectivity index (χ2v) is 3.84. The van der Waals surface area contributed by atoms with Crippen molar-refractivity contribution in [2.24, 2.45) is 0 Å². The molecule has 0 saturated carbocycles. The Bertz CT molecular complexity index is 450. The van der Waals surface area contributed by atoms with Crippen molar-refractivity contribution < 1.29 is 9.21 Å². The number of hydrogen-bond donors (Lipinski definition) is 0. The smallest absolute Gasteiger partial charge is 0.130 e. The van der Waals surface area contributed by atoms with Gasteiger partial charge in [0.05, 0.1) is 12.2 Å². The summed E-state index contributed by atoms with van der Waals surface area (Å²) in [5.74, 6) is 0.405. The van der Waals surface area contributed by atoms with Gasteiger partial charge >= 0.3 is 0 Å². The third kappa shape index (κ3) is 2.49. The number of carbonyl (C=O) groups is 1. The number of carbonyl (C=O) groups excluding carboxylic acids is 1. The molecule has 0 saturated heterocycles. The van der Waals surface area contributed by atoms with Crippen molar-refractivity contribution in [2.75, 3.05) is 0 Å². The summed E-state index contributed by atoms with van der Waals surface area (Å²) in [6.45, 7) is 0. The van der Waals surface area contributed by atoms with Crippen LogP contribution in [0, 0.1) is 0 Å². The second-order valence-electron chi connectivity index (χ2n) is 3.45. The van der Waals surface area contributed by atoms with Crippen LogP contribution < -0.4 is 0 Å². The van der Waals surface area contributed by atoms with Gasteiger partial charge in [0, 0.05) is 6.20 Å². The molecule has 82 valence electrons. The molecule has 0 N–H and O–H groups in total. The fourth-order valence-corrected chi connectivity index (χ4v) is 1.61. The number of pyridine rings is 1. The molecule has 1 atom stereocenters. The Kier molecular flexibility index (Phi) is 3.37. The quantitative estimate of drug-likeness (QED) is 0.605. The van der Waals surface area contributed by atoms with Crippen molar-refractivity contribution in [3.63, 3.8) is 0 Å². The van der Waals surface area contributed by atoms with Gasteiger partial charge in [-0.25, -0.2) is 4.98 Å². The molecular weight excluding hydrogens is 226 g/mol. The van der Waals surface area contributed by atoms with Crippen LogP contribution in [0.1, 0.15) is 17.2 Å². The predicted octanol–water partition coefficient (Wildman–Crippen LogP) is 2.85. The molecule has 0 aliphatic heterocycles. The van der Waals surface area contributed by atoms with E-state index in [1.54, 1.807) is 30.7 Å². The van der Waals surface area contributed by atoms with E-state index in [1.807, 2.05) is 6.07 Å². The molecule has 0 aromatic carbocycles. The predicted molar refractivity (Wildman–Crippen MR) is 60.5 cm³/mol. The van der Waals surface area contributed by atoms with Gasteiger partial charge in [-0.2, -0.15) is 0 Å². The molecule has 2 aromatic rings. The summed E-state index contributed by atoms with van der Waals surface area (Å²) >= 11 is 5.68. The van der Waals surface area contributed by atoms with Gasteiger partial charge < -0.3 is 9.21 Å². The van der Waals surface area contributed by atoms with Gasteiger partial charge in [-0.1, -0.05) is 17.7 Å². The third-order valence-corrected chi connectivity index (χ3v) is 2.54. The lowest BCUT2D eigenvalue weighted by molar-refractivity contribution is -0.109. The number of aromatic nitrogens is 1. The molecule has 2 aromatic heterocycles. The van der Waals surface area contributed by atoms with Crippen LogP contribution in [0.15, 0.2) is 41.1 Å². The van der Waals surface area contributed by atoms with Crippen molar-refractivity contribution in [2.45, 2.75) is 12.3 Å². The zero-order chi connectivity index (χ0) is 11.4. The average molecular weight is 236 g/mol. The van der Waals surface area contributed by atoms with Crippen LogP contribution in [0.2, 0.25) is 5.15 Å². The molecule has 0 amide bonds. The Morgan fingerprint density at radius 3 is 2.88 bits per heavy atom. The van der Waals surface area contributed by atoms with E-state index in [-0.39, 0.29) is 5.92 Å². The lowest BCUT2D eigenvalue weighted by Crippen LogP contribution is -2.03. The average Bonchev–Trinajstić information content (AvgIpc) is 2.82. The van der Waals surface area contributed by atoms with E-state index in [2.05, 4.69) is 4.98 Å². The molecule has 16 heavy (non-hydrogen) atoms. The second kappa shape index (κ2) is 4.94. The first-order valence-corrected chi connectivity index (χ1v) is 5.26. The molecule has 3 nitrogen and oxygen atoms in total. The van der Waals surface area contributed by atoms with Crippen LogP contribution in [-0.4, -0.2) is 11.3 Å². The van der Waals surface area contributed by atoms with Crippen molar-refractivity contribution in [1.29, 1.82) is 0 Å². The first-order valence-electron chi connectivity index (χ1n) is 4.88. The van der Waals surface area contributed by atoms with E-state index >= 15 is 0 Å². The standard InChI is InChI=1S/C12H10ClNO2/c13-12-4-3-9(7-14-12)6-10(8-15)11-2-1-5-16-11/h1-5,7-8,10H,6H2. The highest BCUT2D eigenvalue weighted by Gasteiger charge is 2.14. The van der Waals surface area contributed by atoms with E-state index in [9.17, 15) is 4.79 Å². The summed E-state index contributed by atoms with van der Waals surface area (Å²) in [4.78, 5) is 14.9. The molecule has 0 aliphatic rings. The summed E-state index contributed by atoms with van der Waals surface area (Å²) in [7, 11) is 0. The molecular formula is C12H10ClNO2. The zero-order valence-corrected chi connectivity index (χ0v) is 9.22. The summed E-state index contributed by atoms with van der Waals surface area (Å²) < 4.78 is 5.20. The highest BCUT2D eigenvalue weighted by Crippen LogP contribution is 2.19.